The Morgan fingerprint density at radius 2 is 1.50 bits per heavy atom. The Kier molecular flexibility index (Phi) is 11.8. The second-order valence-corrected chi connectivity index (χ2v) is 9.36. The van der Waals surface area contributed by atoms with Gasteiger partial charge in [-0.05, 0) is 82.2 Å². The van der Waals surface area contributed by atoms with Gasteiger partial charge in [0.15, 0.2) is 13.2 Å². The molecule has 2 aromatic rings. The number of hydrogen-bond acceptors (Lipinski definition) is 6. The van der Waals surface area contributed by atoms with E-state index in [4.69, 9.17) is 21.1 Å². The third kappa shape index (κ3) is 10.0. The number of hydrogen-bond donors (Lipinski definition) is 3. The molecule has 0 radical (unpaired) electrons. The normalized spacial score (nSPS) is 16.3. The summed E-state index contributed by atoms with van der Waals surface area (Å²) in [5.41, 5.74) is 0. The van der Waals surface area contributed by atoms with Crippen LogP contribution in [0.15, 0.2) is 54.6 Å². The summed E-state index contributed by atoms with van der Waals surface area (Å²) in [6.45, 7) is 4.04. The zero-order chi connectivity index (χ0) is 25.6. The highest BCUT2D eigenvalue weighted by atomic mass is 35.5. The minimum absolute atomic E-state index is 0.00637. The van der Waals surface area contributed by atoms with E-state index in [1.54, 1.807) is 29.2 Å². The van der Waals surface area contributed by atoms with Gasteiger partial charge in [0.05, 0.1) is 0 Å². The molecule has 2 aliphatic rings. The first-order valence-electron chi connectivity index (χ1n) is 12.5. The number of benzene rings is 2. The van der Waals surface area contributed by atoms with E-state index in [0.717, 1.165) is 57.6 Å². The minimum atomic E-state index is -0.0410. The van der Waals surface area contributed by atoms with Crippen molar-refractivity contribution < 1.29 is 19.1 Å². The number of piperidine rings is 2. The number of amides is 2. The highest BCUT2D eigenvalue weighted by molar-refractivity contribution is 6.30. The van der Waals surface area contributed by atoms with Gasteiger partial charge in [-0.1, -0.05) is 35.9 Å². The van der Waals surface area contributed by atoms with Crippen molar-refractivity contribution in [3.8, 4) is 11.5 Å². The summed E-state index contributed by atoms with van der Waals surface area (Å²) in [7, 11) is 1.85. The van der Waals surface area contributed by atoms with Crippen molar-refractivity contribution in [1.29, 1.82) is 0 Å². The number of ether oxygens (including phenoxy) is 2. The summed E-state index contributed by atoms with van der Waals surface area (Å²) in [4.78, 5) is 25.5. The van der Waals surface area contributed by atoms with Gasteiger partial charge >= 0.3 is 0 Å². The lowest BCUT2D eigenvalue weighted by molar-refractivity contribution is -0.134. The standard InChI is InChI=1S/C14H19ClN2O2.C13H18N2O2/c1-17(12-5-7-16-8-6-12)14(18)10-19-13-4-2-3-11(15)9-13;16-13(15-11-6-8-14-9-7-11)10-17-12-4-2-1-3-5-12/h2-4,9,12,16H,5-8,10H2,1H3;1-5,11,14H,6-10H2,(H,15,16). The molecule has 36 heavy (non-hydrogen) atoms. The van der Waals surface area contributed by atoms with Crippen molar-refractivity contribution in [3.05, 3.63) is 59.6 Å². The molecule has 8 nitrogen and oxygen atoms in total. The zero-order valence-corrected chi connectivity index (χ0v) is 21.6. The average molecular weight is 517 g/mol. The minimum Gasteiger partial charge on any atom is -0.484 e. The van der Waals surface area contributed by atoms with Crippen molar-refractivity contribution in [2.24, 2.45) is 0 Å². The van der Waals surface area contributed by atoms with E-state index in [0.29, 0.717) is 22.9 Å². The van der Waals surface area contributed by atoms with E-state index in [1.165, 1.54) is 0 Å². The second kappa shape index (κ2) is 15.3. The maximum atomic E-state index is 12.0. The van der Waals surface area contributed by atoms with E-state index >= 15 is 0 Å². The largest absolute Gasteiger partial charge is 0.484 e. The fourth-order valence-electron chi connectivity index (χ4n) is 4.10. The Morgan fingerprint density at radius 3 is 2.17 bits per heavy atom. The molecule has 2 amide bonds. The van der Waals surface area contributed by atoms with E-state index in [2.05, 4.69) is 16.0 Å². The van der Waals surface area contributed by atoms with E-state index in [1.807, 2.05) is 37.4 Å². The molecule has 0 aromatic heterocycles. The summed E-state index contributed by atoms with van der Waals surface area (Å²) in [6.07, 6.45) is 3.99. The van der Waals surface area contributed by atoms with Crippen LogP contribution in [0.4, 0.5) is 0 Å². The number of likely N-dealkylation sites (N-methyl/N-ethyl adjacent to an activating group) is 1. The molecule has 196 valence electrons. The van der Waals surface area contributed by atoms with Crippen LogP contribution in [0.2, 0.25) is 5.02 Å². The Morgan fingerprint density at radius 1 is 0.889 bits per heavy atom. The molecule has 2 fully saturated rings. The first-order valence-corrected chi connectivity index (χ1v) is 12.9. The van der Waals surface area contributed by atoms with E-state index in [9.17, 15) is 9.59 Å². The smallest absolute Gasteiger partial charge is 0.260 e. The molecule has 2 aromatic carbocycles. The van der Waals surface area contributed by atoms with Crippen molar-refractivity contribution in [2.75, 3.05) is 46.4 Å². The molecule has 9 heteroatoms. The predicted octanol–water partition coefficient (Wildman–Crippen LogP) is 2.86. The number of halogens is 1. The van der Waals surface area contributed by atoms with Crippen molar-refractivity contribution in [3.63, 3.8) is 0 Å². The van der Waals surface area contributed by atoms with Crippen molar-refractivity contribution in [2.45, 2.75) is 37.8 Å². The van der Waals surface area contributed by atoms with Gasteiger partial charge in [0.1, 0.15) is 11.5 Å². The molecule has 2 aliphatic heterocycles. The van der Waals surface area contributed by atoms with Gasteiger partial charge < -0.3 is 30.3 Å². The number of carbonyl (C=O) groups excluding carboxylic acids is 2. The Bertz CT molecular complexity index is 934. The van der Waals surface area contributed by atoms with Crippen LogP contribution in [-0.2, 0) is 9.59 Å². The van der Waals surface area contributed by atoms with Crippen LogP contribution in [0.5, 0.6) is 11.5 Å². The van der Waals surface area contributed by atoms with Crippen LogP contribution in [0.25, 0.3) is 0 Å². The van der Waals surface area contributed by atoms with Gasteiger partial charge in [-0.2, -0.15) is 0 Å². The van der Waals surface area contributed by atoms with Crippen molar-refractivity contribution >= 4 is 23.4 Å². The Hall–Kier alpha value is -2.81. The molecule has 0 saturated carbocycles. The fourth-order valence-corrected chi connectivity index (χ4v) is 4.28. The number of nitrogens with zero attached hydrogens (tertiary/aromatic N) is 1. The number of nitrogens with one attached hydrogen (secondary N) is 3. The molecule has 2 saturated heterocycles. The van der Waals surface area contributed by atoms with Crippen LogP contribution in [0.3, 0.4) is 0 Å². The quantitative estimate of drug-likeness (QED) is 0.500. The van der Waals surface area contributed by atoms with E-state index < -0.39 is 0 Å². The molecule has 0 atom stereocenters. The van der Waals surface area contributed by atoms with Gasteiger partial charge in [0.25, 0.3) is 11.8 Å². The molecular formula is C27H37ClN4O4. The highest BCUT2D eigenvalue weighted by Gasteiger charge is 2.22. The maximum Gasteiger partial charge on any atom is 0.260 e. The summed E-state index contributed by atoms with van der Waals surface area (Å²) < 4.78 is 10.9. The molecule has 0 spiro atoms. The fraction of sp³-hybridized carbons (Fsp3) is 0.481. The van der Waals surface area contributed by atoms with Gasteiger partial charge in [-0.3, -0.25) is 9.59 Å². The van der Waals surface area contributed by atoms with Crippen LogP contribution in [0.1, 0.15) is 25.7 Å². The topological polar surface area (TPSA) is 91.9 Å². The summed E-state index contributed by atoms with van der Waals surface area (Å²) >= 11 is 5.86. The SMILES string of the molecule is CN(C(=O)COc1cccc(Cl)c1)C1CCNCC1.O=C(COc1ccccc1)NC1CCNCC1. The third-order valence-electron chi connectivity index (χ3n) is 6.23. The van der Waals surface area contributed by atoms with Crippen molar-refractivity contribution in [1.82, 2.24) is 20.9 Å². The molecule has 0 bridgehead atoms. The summed E-state index contributed by atoms with van der Waals surface area (Å²) in [6, 6.07) is 17.1. The highest BCUT2D eigenvalue weighted by Crippen LogP contribution is 2.17. The number of rotatable bonds is 8. The van der Waals surface area contributed by atoms with Gasteiger partial charge in [0.2, 0.25) is 0 Å². The van der Waals surface area contributed by atoms with E-state index in [-0.39, 0.29) is 25.0 Å². The summed E-state index contributed by atoms with van der Waals surface area (Å²) in [5, 5.41) is 10.1. The number of para-hydroxylation sites is 1. The first kappa shape index (κ1) is 27.8. The molecule has 0 unspecified atom stereocenters. The van der Waals surface area contributed by atoms with Gasteiger partial charge in [-0.25, -0.2) is 0 Å². The predicted molar refractivity (Wildman–Crippen MR) is 142 cm³/mol. The van der Waals surface area contributed by atoms with Gasteiger partial charge in [0, 0.05) is 24.2 Å². The lowest BCUT2D eigenvalue weighted by Crippen LogP contribution is -2.45. The van der Waals surface area contributed by atoms with Crippen LogP contribution in [-0.4, -0.2) is 75.2 Å². The zero-order valence-electron chi connectivity index (χ0n) is 20.9. The van der Waals surface area contributed by atoms with Crippen LogP contribution in [0, 0.1) is 0 Å². The molecule has 3 N–H and O–H groups in total. The van der Waals surface area contributed by atoms with Crippen LogP contribution < -0.4 is 25.4 Å². The molecular weight excluding hydrogens is 480 g/mol. The first-order chi connectivity index (χ1) is 17.5. The number of carbonyl (C=O) groups is 2. The van der Waals surface area contributed by atoms with Crippen LogP contribution >= 0.6 is 11.6 Å². The maximum absolute atomic E-state index is 12.0. The van der Waals surface area contributed by atoms with Gasteiger partial charge in [-0.15, -0.1) is 0 Å². The Labute approximate surface area is 218 Å². The molecule has 4 rings (SSSR count). The summed E-state index contributed by atoms with van der Waals surface area (Å²) in [5.74, 6) is 1.32. The third-order valence-corrected chi connectivity index (χ3v) is 6.46. The lowest BCUT2D eigenvalue weighted by atomic mass is 10.1. The monoisotopic (exact) mass is 516 g/mol. The molecule has 2 heterocycles. The average Bonchev–Trinajstić information content (AvgIpc) is 2.92. The second-order valence-electron chi connectivity index (χ2n) is 8.93. The Balaban J connectivity index is 0.000000202. The molecule has 0 aliphatic carbocycles. The lowest BCUT2D eigenvalue weighted by Gasteiger charge is -2.31.